The van der Waals surface area contributed by atoms with Crippen LogP contribution in [0.25, 0.3) is 0 Å². The van der Waals surface area contributed by atoms with E-state index in [1.165, 1.54) is 5.56 Å². The molecule has 0 fully saturated rings. The molecule has 0 N–H and O–H groups in total. The van der Waals surface area contributed by atoms with Gasteiger partial charge in [0, 0.05) is 49.8 Å². The molecule has 1 heterocycles. The summed E-state index contributed by atoms with van der Waals surface area (Å²) in [7, 11) is 3.91. The molecule has 0 bridgehead atoms. The van der Waals surface area contributed by atoms with Gasteiger partial charge in [-0.1, -0.05) is 84.6 Å². The second kappa shape index (κ2) is 11.9. The number of carbonyl (C=O) groups is 1. The molecule has 0 aliphatic heterocycles. The lowest BCUT2D eigenvalue weighted by Crippen LogP contribution is -2.26. The zero-order chi connectivity index (χ0) is 25.5. The van der Waals surface area contributed by atoms with Crippen LogP contribution >= 0.6 is 11.8 Å². The van der Waals surface area contributed by atoms with E-state index in [2.05, 4.69) is 43.1 Å². The minimum absolute atomic E-state index is 0.0120. The van der Waals surface area contributed by atoms with Gasteiger partial charge in [0.2, 0.25) is 0 Å². The Morgan fingerprint density at radius 2 is 1.39 bits per heavy atom. The average molecular weight is 497 g/mol. The lowest BCUT2D eigenvalue weighted by Gasteiger charge is -2.21. The fourth-order valence-electron chi connectivity index (χ4n) is 4.05. The molecule has 0 radical (unpaired) electrons. The SMILES string of the molecule is Cc1nc(SCc2cccc(C(=O)N(C)Cc3ccccc3)c2)nc(N(C)Cc2ccccc2)c1C. The summed E-state index contributed by atoms with van der Waals surface area (Å²) < 4.78 is 0. The van der Waals surface area contributed by atoms with Gasteiger partial charge in [0.25, 0.3) is 5.91 Å². The Morgan fingerprint density at radius 3 is 2.06 bits per heavy atom. The summed E-state index contributed by atoms with van der Waals surface area (Å²) in [5, 5.41) is 0.742. The smallest absolute Gasteiger partial charge is 0.253 e. The number of amides is 1. The van der Waals surface area contributed by atoms with E-state index in [0.717, 1.165) is 39.9 Å². The van der Waals surface area contributed by atoms with Crippen LogP contribution < -0.4 is 4.90 Å². The van der Waals surface area contributed by atoms with Crippen molar-refractivity contribution in [2.75, 3.05) is 19.0 Å². The molecule has 1 aromatic heterocycles. The molecule has 184 valence electrons. The highest BCUT2D eigenvalue weighted by atomic mass is 32.2. The van der Waals surface area contributed by atoms with Crippen LogP contribution in [-0.4, -0.2) is 34.9 Å². The number of carbonyl (C=O) groups excluding carboxylic acids is 1. The van der Waals surface area contributed by atoms with Gasteiger partial charge in [0.1, 0.15) is 5.82 Å². The van der Waals surface area contributed by atoms with Gasteiger partial charge in [-0.3, -0.25) is 4.79 Å². The van der Waals surface area contributed by atoms with Crippen molar-refractivity contribution in [3.05, 3.63) is 118 Å². The lowest BCUT2D eigenvalue weighted by atomic mass is 10.1. The highest BCUT2D eigenvalue weighted by molar-refractivity contribution is 7.98. The van der Waals surface area contributed by atoms with Gasteiger partial charge in [-0.25, -0.2) is 9.97 Å². The molecule has 0 atom stereocenters. The van der Waals surface area contributed by atoms with Gasteiger partial charge in [-0.05, 0) is 42.7 Å². The molecule has 1 amide bonds. The second-order valence-electron chi connectivity index (χ2n) is 9.02. The highest BCUT2D eigenvalue weighted by Gasteiger charge is 2.15. The zero-order valence-electron chi connectivity index (χ0n) is 21.3. The molecule has 0 unspecified atom stereocenters. The summed E-state index contributed by atoms with van der Waals surface area (Å²) in [5.74, 6) is 1.65. The molecule has 3 aromatic carbocycles. The zero-order valence-corrected chi connectivity index (χ0v) is 22.1. The van der Waals surface area contributed by atoms with Gasteiger partial charge in [0.05, 0.1) is 0 Å². The molecule has 0 aliphatic rings. The summed E-state index contributed by atoms with van der Waals surface area (Å²) in [4.78, 5) is 26.5. The number of thioether (sulfide) groups is 1. The Morgan fingerprint density at radius 1 is 0.778 bits per heavy atom. The van der Waals surface area contributed by atoms with Crippen molar-refractivity contribution in [1.82, 2.24) is 14.9 Å². The molecule has 5 nitrogen and oxygen atoms in total. The van der Waals surface area contributed by atoms with E-state index in [4.69, 9.17) is 9.97 Å². The molecule has 36 heavy (non-hydrogen) atoms. The quantitative estimate of drug-likeness (QED) is 0.201. The van der Waals surface area contributed by atoms with Gasteiger partial charge >= 0.3 is 0 Å². The standard InChI is InChI=1S/C30H32N4OS/c1-22-23(2)31-30(32-28(22)33(3)19-24-12-7-5-8-13-24)36-21-26-16-11-17-27(18-26)29(35)34(4)20-25-14-9-6-10-15-25/h5-18H,19-21H2,1-4H3. The van der Waals surface area contributed by atoms with Crippen molar-refractivity contribution < 1.29 is 4.79 Å². The van der Waals surface area contributed by atoms with Crippen LogP contribution in [-0.2, 0) is 18.8 Å². The van der Waals surface area contributed by atoms with E-state index >= 15 is 0 Å². The lowest BCUT2D eigenvalue weighted by molar-refractivity contribution is 0.0785. The Hall–Kier alpha value is -3.64. The third-order valence-corrected chi connectivity index (χ3v) is 7.04. The van der Waals surface area contributed by atoms with Gasteiger partial charge < -0.3 is 9.80 Å². The van der Waals surface area contributed by atoms with Gasteiger partial charge in [-0.15, -0.1) is 0 Å². The van der Waals surface area contributed by atoms with Crippen LogP contribution in [0, 0.1) is 13.8 Å². The van der Waals surface area contributed by atoms with E-state index in [-0.39, 0.29) is 5.91 Å². The summed E-state index contributed by atoms with van der Waals surface area (Å²) >= 11 is 1.59. The molecule has 4 rings (SSSR count). The summed E-state index contributed by atoms with van der Waals surface area (Å²) in [5.41, 5.74) is 6.18. The maximum atomic E-state index is 13.0. The van der Waals surface area contributed by atoms with Gasteiger partial charge in [-0.2, -0.15) is 0 Å². The Balaban J connectivity index is 1.44. The molecular weight excluding hydrogens is 464 g/mol. The number of benzene rings is 3. The normalized spacial score (nSPS) is 10.8. The number of hydrogen-bond donors (Lipinski definition) is 0. The summed E-state index contributed by atoms with van der Waals surface area (Å²) in [6, 6.07) is 28.3. The molecule has 0 saturated carbocycles. The fourth-order valence-corrected chi connectivity index (χ4v) is 4.88. The van der Waals surface area contributed by atoms with Crippen LogP contribution in [0.1, 0.15) is 38.3 Å². The first kappa shape index (κ1) is 25.5. The third-order valence-electron chi connectivity index (χ3n) is 6.12. The predicted molar refractivity (Wildman–Crippen MR) is 148 cm³/mol. The van der Waals surface area contributed by atoms with Crippen molar-refractivity contribution in [3.63, 3.8) is 0 Å². The van der Waals surface area contributed by atoms with Gasteiger partial charge in [0.15, 0.2) is 5.16 Å². The molecule has 4 aromatic rings. The number of anilines is 1. The first-order chi connectivity index (χ1) is 17.4. The monoisotopic (exact) mass is 496 g/mol. The Kier molecular flexibility index (Phi) is 8.39. The summed E-state index contributed by atoms with van der Waals surface area (Å²) in [6.45, 7) is 5.46. The number of aromatic nitrogens is 2. The predicted octanol–water partition coefficient (Wildman–Crippen LogP) is 6.29. The summed E-state index contributed by atoms with van der Waals surface area (Å²) in [6.07, 6.45) is 0. The molecular formula is C30H32N4OS. The van der Waals surface area contributed by atoms with Crippen LogP contribution in [0.2, 0.25) is 0 Å². The number of rotatable bonds is 9. The second-order valence-corrected chi connectivity index (χ2v) is 9.96. The Labute approximate surface area is 218 Å². The highest BCUT2D eigenvalue weighted by Crippen LogP contribution is 2.27. The average Bonchev–Trinajstić information content (AvgIpc) is 2.90. The first-order valence-electron chi connectivity index (χ1n) is 12.0. The van der Waals surface area contributed by atoms with Crippen molar-refractivity contribution in [2.24, 2.45) is 0 Å². The molecule has 6 heteroatoms. The van der Waals surface area contributed by atoms with Crippen molar-refractivity contribution in [2.45, 2.75) is 37.8 Å². The van der Waals surface area contributed by atoms with Crippen LogP contribution in [0.3, 0.4) is 0 Å². The van der Waals surface area contributed by atoms with Crippen LogP contribution in [0.5, 0.6) is 0 Å². The molecule has 0 saturated heterocycles. The molecule has 0 spiro atoms. The van der Waals surface area contributed by atoms with E-state index in [9.17, 15) is 4.79 Å². The van der Waals surface area contributed by atoms with Crippen molar-refractivity contribution in [1.29, 1.82) is 0 Å². The van der Waals surface area contributed by atoms with Crippen molar-refractivity contribution in [3.8, 4) is 0 Å². The minimum Gasteiger partial charge on any atom is -0.355 e. The van der Waals surface area contributed by atoms with E-state index < -0.39 is 0 Å². The van der Waals surface area contributed by atoms with E-state index in [1.54, 1.807) is 16.7 Å². The maximum absolute atomic E-state index is 13.0. The van der Waals surface area contributed by atoms with E-state index in [1.807, 2.05) is 74.6 Å². The van der Waals surface area contributed by atoms with Crippen LogP contribution in [0.15, 0.2) is 90.1 Å². The topological polar surface area (TPSA) is 49.3 Å². The third kappa shape index (κ3) is 6.52. The minimum atomic E-state index is 0.0120. The molecule has 0 aliphatic carbocycles. The van der Waals surface area contributed by atoms with Crippen molar-refractivity contribution >= 4 is 23.5 Å². The first-order valence-corrected chi connectivity index (χ1v) is 13.0. The largest absolute Gasteiger partial charge is 0.355 e. The number of hydrogen-bond acceptors (Lipinski definition) is 5. The number of nitrogens with zero attached hydrogens (tertiary/aromatic N) is 4. The van der Waals surface area contributed by atoms with Crippen LogP contribution in [0.4, 0.5) is 5.82 Å². The number of aryl methyl sites for hydroxylation is 1. The maximum Gasteiger partial charge on any atom is 0.253 e. The Bertz CT molecular complexity index is 1310. The fraction of sp³-hybridized carbons (Fsp3) is 0.233. The van der Waals surface area contributed by atoms with E-state index in [0.29, 0.717) is 17.9 Å².